The molecule has 1 N–H and O–H groups in total. The van der Waals surface area contributed by atoms with E-state index in [1.54, 1.807) is 0 Å². The van der Waals surface area contributed by atoms with Crippen molar-refractivity contribution in [3.63, 3.8) is 0 Å². The quantitative estimate of drug-likeness (QED) is 0.484. The predicted molar refractivity (Wildman–Crippen MR) is 119 cm³/mol. The molecule has 0 heterocycles. The van der Waals surface area contributed by atoms with Crippen molar-refractivity contribution < 1.29 is 5.11 Å². The highest BCUT2D eigenvalue weighted by Gasteiger charge is 2.58. The highest BCUT2D eigenvalue weighted by Crippen LogP contribution is 2.67. The zero-order chi connectivity index (χ0) is 20.2. The van der Waals surface area contributed by atoms with Gasteiger partial charge in [-0.05, 0) is 112 Å². The summed E-state index contributed by atoms with van der Waals surface area (Å²) < 4.78 is 0. The monoisotopic (exact) mass is 386 g/mol. The number of hydrogen-bond donors (Lipinski definition) is 1. The number of hydrogen-bond acceptors (Lipinski definition) is 1. The van der Waals surface area contributed by atoms with Crippen LogP contribution in [0.1, 0.15) is 112 Å². The van der Waals surface area contributed by atoms with E-state index in [0.717, 1.165) is 36.0 Å². The normalized spacial score (nSPS) is 44.3. The van der Waals surface area contributed by atoms with Crippen molar-refractivity contribution in [2.75, 3.05) is 0 Å². The molecule has 0 bridgehead atoms. The fourth-order valence-electron chi connectivity index (χ4n) is 8.73. The van der Waals surface area contributed by atoms with E-state index in [1.165, 1.54) is 70.6 Å². The Bertz CT molecular complexity index is 598. The second kappa shape index (κ2) is 7.44. The molecule has 0 aliphatic heterocycles. The van der Waals surface area contributed by atoms with E-state index in [1.807, 2.05) is 19.4 Å². The highest BCUT2D eigenvalue weighted by molar-refractivity contribution is 5.24. The lowest BCUT2D eigenvalue weighted by molar-refractivity contribution is -0.0503. The van der Waals surface area contributed by atoms with Crippen molar-refractivity contribution in [3.05, 3.63) is 11.6 Å². The van der Waals surface area contributed by atoms with Crippen LogP contribution in [-0.4, -0.2) is 10.7 Å². The number of allylic oxidation sites excluding steroid dienone is 2. The summed E-state index contributed by atoms with van der Waals surface area (Å²) in [5, 5.41) is 10.1. The van der Waals surface area contributed by atoms with Crippen LogP contribution in [0.2, 0.25) is 0 Å². The predicted octanol–water partition coefficient (Wildman–Crippen LogP) is 7.53. The van der Waals surface area contributed by atoms with E-state index < -0.39 is 5.60 Å². The van der Waals surface area contributed by atoms with Gasteiger partial charge in [0.1, 0.15) is 0 Å². The van der Waals surface area contributed by atoms with Crippen LogP contribution in [0.15, 0.2) is 11.6 Å². The van der Waals surface area contributed by atoms with Crippen LogP contribution in [0.25, 0.3) is 0 Å². The number of fused-ring (bicyclic) bond motifs is 5. The van der Waals surface area contributed by atoms with Gasteiger partial charge in [-0.15, -0.1) is 0 Å². The molecule has 3 fully saturated rings. The average Bonchev–Trinajstić information content (AvgIpc) is 2.97. The van der Waals surface area contributed by atoms with Gasteiger partial charge in [0, 0.05) is 0 Å². The Labute approximate surface area is 174 Å². The first-order chi connectivity index (χ1) is 13.2. The minimum atomic E-state index is -0.499. The third kappa shape index (κ3) is 3.52. The average molecular weight is 387 g/mol. The molecule has 4 aliphatic carbocycles. The molecule has 4 rings (SSSR count). The van der Waals surface area contributed by atoms with Gasteiger partial charge >= 0.3 is 0 Å². The van der Waals surface area contributed by atoms with Crippen molar-refractivity contribution >= 4 is 0 Å². The standard InChI is InChI=1S/C27H46O/c1-19(9-8-16-25(2,3)28)22-13-14-23-21-12-11-20-10-6-7-17-26(20,4)24(21)15-18-27(22,23)5/h11,19,21-24,28H,6-10,12-18H2,1-5H3/t19-,21-,22+,23-,24-,26-,27+/m0/s1. The molecule has 160 valence electrons. The van der Waals surface area contributed by atoms with Gasteiger partial charge in [0.25, 0.3) is 0 Å². The van der Waals surface area contributed by atoms with Gasteiger partial charge < -0.3 is 5.11 Å². The SMILES string of the molecule is C[C@@H](CCCC(C)(C)O)[C@H]1CC[C@H]2[C@@H]3CC=C4CCCC[C@]4(C)[C@H]3CC[C@]12C. The Morgan fingerprint density at radius 1 is 1.11 bits per heavy atom. The van der Waals surface area contributed by atoms with E-state index in [0.29, 0.717) is 10.8 Å². The second-order valence-electron chi connectivity index (χ2n) is 12.4. The molecule has 0 unspecified atom stereocenters. The van der Waals surface area contributed by atoms with Gasteiger partial charge in [-0.25, -0.2) is 0 Å². The molecule has 1 heteroatoms. The Hall–Kier alpha value is -0.300. The maximum atomic E-state index is 10.1. The van der Waals surface area contributed by atoms with E-state index in [4.69, 9.17) is 0 Å². The molecular weight excluding hydrogens is 340 g/mol. The summed E-state index contributed by atoms with van der Waals surface area (Å²) in [4.78, 5) is 0. The maximum Gasteiger partial charge on any atom is 0.0591 e. The number of aliphatic hydroxyl groups is 1. The highest BCUT2D eigenvalue weighted by atomic mass is 16.3. The topological polar surface area (TPSA) is 20.2 Å². The van der Waals surface area contributed by atoms with Gasteiger partial charge in [0.15, 0.2) is 0 Å². The molecule has 28 heavy (non-hydrogen) atoms. The van der Waals surface area contributed by atoms with Gasteiger partial charge in [-0.1, -0.05) is 51.7 Å². The van der Waals surface area contributed by atoms with Crippen LogP contribution in [0, 0.1) is 40.4 Å². The smallest absolute Gasteiger partial charge is 0.0591 e. The van der Waals surface area contributed by atoms with Crippen LogP contribution in [0.5, 0.6) is 0 Å². The molecule has 0 amide bonds. The van der Waals surface area contributed by atoms with Crippen molar-refractivity contribution in [3.8, 4) is 0 Å². The van der Waals surface area contributed by atoms with Crippen LogP contribution < -0.4 is 0 Å². The molecule has 0 radical (unpaired) electrons. The molecule has 0 aromatic rings. The summed E-state index contributed by atoms with van der Waals surface area (Å²) in [6.45, 7) is 11.8. The third-order valence-corrected chi connectivity index (χ3v) is 10.2. The Kier molecular flexibility index (Phi) is 5.56. The summed E-state index contributed by atoms with van der Waals surface area (Å²) in [5.41, 5.74) is 2.46. The van der Waals surface area contributed by atoms with Crippen molar-refractivity contribution in [1.82, 2.24) is 0 Å². The Morgan fingerprint density at radius 2 is 1.89 bits per heavy atom. The van der Waals surface area contributed by atoms with Crippen molar-refractivity contribution in [2.45, 2.75) is 117 Å². The maximum absolute atomic E-state index is 10.1. The molecule has 0 saturated heterocycles. The fourth-order valence-corrected chi connectivity index (χ4v) is 8.73. The van der Waals surface area contributed by atoms with E-state index in [9.17, 15) is 5.11 Å². The van der Waals surface area contributed by atoms with Gasteiger partial charge in [0.05, 0.1) is 5.60 Å². The molecular formula is C27H46O. The zero-order valence-electron chi connectivity index (χ0n) is 19.4. The van der Waals surface area contributed by atoms with Gasteiger partial charge in [-0.3, -0.25) is 0 Å². The molecule has 0 spiro atoms. The van der Waals surface area contributed by atoms with Gasteiger partial charge in [-0.2, -0.15) is 0 Å². The largest absolute Gasteiger partial charge is 0.390 e. The van der Waals surface area contributed by atoms with Crippen LogP contribution in [0.4, 0.5) is 0 Å². The fraction of sp³-hybridized carbons (Fsp3) is 0.926. The Morgan fingerprint density at radius 3 is 2.64 bits per heavy atom. The molecule has 4 aliphatic rings. The summed E-state index contributed by atoms with van der Waals surface area (Å²) in [5.74, 6) is 4.61. The van der Waals surface area contributed by atoms with Gasteiger partial charge in [0.2, 0.25) is 0 Å². The lowest BCUT2D eigenvalue weighted by atomic mass is 9.47. The lowest BCUT2D eigenvalue weighted by Gasteiger charge is -2.58. The molecule has 0 aromatic heterocycles. The minimum Gasteiger partial charge on any atom is -0.390 e. The summed E-state index contributed by atoms with van der Waals surface area (Å²) >= 11 is 0. The molecule has 1 nitrogen and oxygen atoms in total. The second-order valence-corrected chi connectivity index (χ2v) is 12.4. The van der Waals surface area contributed by atoms with Crippen LogP contribution in [-0.2, 0) is 0 Å². The summed E-state index contributed by atoms with van der Waals surface area (Å²) in [7, 11) is 0. The van der Waals surface area contributed by atoms with Crippen LogP contribution in [0.3, 0.4) is 0 Å². The van der Waals surface area contributed by atoms with Crippen LogP contribution >= 0.6 is 0 Å². The molecule has 0 aromatic carbocycles. The summed E-state index contributed by atoms with van der Waals surface area (Å²) in [6, 6.07) is 0. The van der Waals surface area contributed by atoms with Crippen molar-refractivity contribution in [2.24, 2.45) is 40.4 Å². The molecule has 7 atom stereocenters. The number of rotatable bonds is 5. The van der Waals surface area contributed by atoms with E-state index in [2.05, 4.69) is 26.8 Å². The van der Waals surface area contributed by atoms with E-state index in [-0.39, 0.29) is 0 Å². The first-order valence-corrected chi connectivity index (χ1v) is 12.6. The lowest BCUT2D eigenvalue weighted by Crippen LogP contribution is -2.50. The van der Waals surface area contributed by atoms with Crippen molar-refractivity contribution in [1.29, 1.82) is 0 Å². The molecule has 3 saturated carbocycles. The first kappa shape index (κ1) is 21.0. The first-order valence-electron chi connectivity index (χ1n) is 12.6. The van der Waals surface area contributed by atoms with E-state index >= 15 is 0 Å². The minimum absolute atomic E-state index is 0.499. The third-order valence-electron chi connectivity index (χ3n) is 10.2. The Balaban J connectivity index is 1.47. The summed E-state index contributed by atoms with van der Waals surface area (Å²) in [6.07, 6.45) is 19.2. The zero-order valence-corrected chi connectivity index (χ0v) is 19.4.